The molecular formula is C17H26FN3. The van der Waals surface area contributed by atoms with E-state index in [0.717, 1.165) is 39.3 Å². The van der Waals surface area contributed by atoms with Gasteiger partial charge in [0.05, 0.1) is 0 Å². The Morgan fingerprint density at radius 2 is 1.86 bits per heavy atom. The van der Waals surface area contributed by atoms with Crippen molar-refractivity contribution in [1.82, 2.24) is 14.7 Å². The molecule has 0 bridgehead atoms. The van der Waals surface area contributed by atoms with Crippen molar-refractivity contribution in [1.29, 1.82) is 0 Å². The summed E-state index contributed by atoms with van der Waals surface area (Å²) in [4.78, 5) is 7.63. The number of nitrogens with zero attached hydrogens (tertiary/aromatic N) is 3. The van der Waals surface area contributed by atoms with Crippen LogP contribution in [-0.4, -0.2) is 66.1 Å². The predicted octanol–water partition coefficient (Wildman–Crippen LogP) is 2.04. The summed E-state index contributed by atoms with van der Waals surface area (Å²) in [6.07, 6.45) is 0. The fraction of sp³-hybridized carbons (Fsp3) is 0.647. The number of likely N-dealkylation sites (N-methyl/N-ethyl adjacent to an activating group) is 1. The van der Waals surface area contributed by atoms with E-state index in [4.69, 9.17) is 0 Å². The fourth-order valence-corrected chi connectivity index (χ4v) is 4.04. The molecule has 3 rings (SSSR count). The van der Waals surface area contributed by atoms with E-state index in [9.17, 15) is 4.39 Å². The molecule has 2 fully saturated rings. The molecule has 2 aliphatic rings. The third-order valence-corrected chi connectivity index (χ3v) is 4.84. The highest BCUT2D eigenvalue weighted by molar-refractivity contribution is 5.16. The van der Waals surface area contributed by atoms with Crippen LogP contribution in [-0.2, 0) is 6.54 Å². The van der Waals surface area contributed by atoms with Crippen LogP contribution in [0.2, 0.25) is 0 Å². The highest BCUT2D eigenvalue weighted by Gasteiger charge is 2.41. The molecule has 1 aromatic rings. The Morgan fingerprint density at radius 3 is 2.57 bits per heavy atom. The first-order valence-corrected chi connectivity index (χ1v) is 7.86. The van der Waals surface area contributed by atoms with Crippen LogP contribution in [0.4, 0.5) is 4.39 Å². The van der Waals surface area contributed by atoms with E-state index in [2.05, 4.69) is 35.6 Å². The monoisotopic (exact) mass is 291 g/mol. The van der Waals surface area contributed by atoms with Crippen LogP contribution in [0.3, 0.4) is 0 Å². The van der Waals surface area contributed by atoms with E-state index in [1.54, 1.807) is 12.1 Å². The third kappa shape index (κ3) is 3.28. The van der Waals surface area contributed by atoms with E-state index >= 15 is 0 Å². The minimum Gasteiger partial charge on any atom is -0.303 e. The molecule has 1 unspecified atom stereocenters. The predicted molar refractivity (Wildman–Crippen MR) is 83.7 cm³/mol. The SMILES string of the molecule is CN1CC2CN(Cc3ccc(F)cc3)CCN2C(C)(C)C1. The van der Waals surface area contributed by atoms with Crippen molar-refractivity contribution in [3.8, 4) is 0 Å². The van der Waals surface area contributed by atoms with Gasteiger partial charge in [-0.2, -0.15) is 0 Å². The third-order valence-electron chi connectivity index (χ3n) is 4.84. The normalized spacial score (nSPS) is 27.5. The van der Waals surface area contributed by atoms with E-state index < -0.39 is 0 Å². The van der Waals surface area contributed by atoms with Gasteiger partial charge in [-0.1, -0.05) is 12.1 Å². The Morgan fingerprint density at radius 1 is 1.14 bits per heavy atom. The number of hydrogen-bond acceptors (Lipinski definition) is 3. The summed E-state index contributed by atoms with van der Waals surface area (Å²) in [6, 6.07) is 7.52. The lowest BCUT2D eigenvalue weighted by Crippen LogP contribution is -2.68. The molecule has 1 atom stereocenters. The summed E-state index contributed by atoms with van der Waals surface area (Å²) in [5.74, 6) is -0.153. The van der Waals surface area contributed by atoms with Gasteiger partial charge in [-0.3, -0.25) is 9.80 Å². The molecule has 0 spiro atoms. The summed E-state index contributed by atoms with van der Waals surface area (Å²) < 4.78 is 13.0. The molecule has 2 aliphatic heterocycles. The van der Waals surface area contributed by atoms with Gasteiger partial charge in [0.1, 0.15) is 5.82 Å². The molecule has 4 heteroatoms. The maximum Gasteiger partial charge on any atom is 0.123 e. The molecule has 116 valence electrons. The molecule has 1 aromatic carbocycles. The molecule has 2 heterocycles. The zero-order valence-electron chi connectivity index (χ0n) is 13.3. The number of benzene rings is 1. The van der Waals surface area contributed by atoms with E-state index in [0.29, 0.717) is 6.04 Å². The Labute approximate surface area is 127 Å². The minimum atomic E-state index is -0.153. The summed E-state index contributed by atoms with van der Waals surface area (Å²) in [5, 5.41) is 0. The number of piperazine rings is 2. The molecule has 0 aromatic heterocycles. The van der Waals surface area contributed by atoms with Gasteiger partial charge < -0.3 is 4.90 Å². The number of fused-ring (bicyclic) bond motifs is 1. The Bertz CT molecular complexity index is 485. The van der Waals surface area contributed by atoms with Crippen LogP contribution in [0.1, 0.15) is 19.4 Å². The van der Waals surface area contributed by atoms with Gasteiger partial charge in [0, 0.05) is 50.8 Å². The first-order valence-electron chi connectivity index (χ1n) is 7.86. The van der Waals surface area contributed by atoms with Crippen molar-refractivity contribution >= 4 is 0 Å². The Kier molecular flexibility index (Phi) is 4.04. The fourth-order valence-electron chi connectivity index (χ4n) is 4.04. The lowest BCUT2D eigenvalue weighted by Gasteiger charge is -2.55. The van der Waals surface area contributed by atoms with Crippen LogP contribution in [0.5, 0.6) is 0 Å². The molecule has 21 heavy (non-hydrogen) atoms. The van der Waals surface area contributed by atoms with Crippen molar-refractivity contribution in [2.24, 2.45) is 0 Å². The van der Waals surface area contributed by atoms with Crippen molar-refractivity contribution in [3.05, 3.63) is 35.6 Å². The molecular weight excluding hydrogens is 265 g/mol. The summed E-state index contributed by atoms with van der Waals surface area (Å²) in [7, 11) is 2.22. The topological polar surface area (TPSA) is 9.72 Å². The first kappa shape index (κ1) is 14.9. The molecule has 0 saturated carbocycles. The van der Waals surface area contributed by atoms with Crippen LogP contribution in [0, 0.1) is 5.82 Å². The average Bonchev–Trinajstić information content (AvgIpc) is 2.40. The van der Waals surface area contributed by atoms with E-state index in [1.165, 1.54) is 5.56 Å². The Hall–Kier alpha value is -0.970. The lowest BCUT2D eigenvalue weighted by atomic mass is 9.93. The van der Waals surface area contributed by atoms with Gasteiger partial charge >= 0.3 is 0 Å². The van der Waals surface area contributed by atoms with Crippen LogP contribution in [0.25, 0.3) is 0 Å². The highest BCUT2D eigenvalue weighted by atomic mass is 19.1. The van der Waals surface area contributed by atoms with E-state index in [-0.39, 0.29) is 11.4 Å². The second-order valence-corrected chi connectivity index (χ2v) is 7.22. The maximum absolute atomic E-state index is 13.0. The molecule has 0 amide bonds. The second kappa shape index (κ2) is 5.67. The van der Waals surface area contributed by atoms with Crippen molar-refractivity contribution in [2.45, 2.75) is 32.0 Å². The largest absolute Gasteiger partial charge is 0.303 e. The van der Waals surface area contributed by atoms with Gasteiger partial charge in [-0.15, -0.1) is 0 Å². The zero-order valence-corrected chi connectivity index (χ0v) is 13.3. The summed E-state index contributed by atoms with van der Waals surface area (Å²) in [6.45, 7) is 11.2. The minimum absolute atomic E-state index is 0.153. The van der Waals surface area contributed by atoms with Crippen LogP contribution >= 0.6 is 0 Å². The first-order chi connectivity index (χ1) is 9.94. The standard InChI is InChI=1S/C17H26FN3/c1-17(2)13-19(3)11-16-12-20(8-9-21(16)17)10-14-4-6-15(18)7-5-14/h4-7,16H,8-13H2,1-3H3. The molecule has 0 N–H and O–H groups in total. The number of hydrogen-bond donors (Lipinski definition) is 0. The summed E-state index contributed by atoms with van der Waals surface area (Å²) in [5.41, 5.74) is 1.47. The van der Waals surface area contributed by atoms with Crippen molar-refractivity contribution in [3.63, 3.8) is 0 Å². The second-order valence-electron chi connectivity index (χ2n) is 7.22. The molecule has 2 saturated heterocycles. The number of rotatable bonds is 2. The van der Waals surface area contributed by atoms with Gasteiger partial charge in [0.25, 0.3) is 0 Å². The quantitative estimate of drug-likeness (QED) is 0.825. The van der Waals surface area contributed by atoms with E-state index in [1.807, 2.05) is 12.1 Å². The smallest absolute Gasteiger partial charge is 0.123 e. The molecule has 0 radical (unpaired) electrons. The molecule has 3 nitrogen and oxygen atoms in total. The van der Waals surface area contributed by atoms with Crippen molar-refractivity contribution < 1.29 is 4.39 Å². The van der Waals surface area contributed by atoms with Gasteiger partial charge in [0.2, 0.25) is 0 Å². The van der Waals surface area contributed by atoms with Crippen LogP contribution in [0.15, 0.2) is 24.3 Å². The van der Waals surface area contributed by atoms with Gasteiger partial charge in [-0.05, 0) is 38.6 Å². The zero-order chi connectivity index (χ0) is 15.0. The highest BCUT2D eigenvalue weighted by Crippen LogP contribution is 2.27. The summed E-state index contributed by atoms with van der Waals surface area (Å²) >= 11 is 0. The van der Waals surface area contributed by atoms with Gasteiger partial charge in [-0.25, -0.2) is 4.39 Å². The lowest BCUT2D eigenvalue weighted by molar-refractivity contribution is -0.0592. The number of halogens is 1. The van der Waals surface area contributed by atoms with Crippen LogP contribution < -0.4 is 0 Å². The Balaban J connectivity index is 1.65. The van der Waals surface area contributed by atoms with Crippen molar-refractivity contribution in [2.75, 3.05) is 39.8 Å². The van der Waals surface area contributed by atoms with Gasteiger partial charge in [0.15, 0.2) is 0 Å². The maximum atomic E-state index is 13.0. The average molecular weight is 291 g/mol. The molecule has 0 aliphatic carbocycles.